The first-order valence-electron chi connectivity index (χ1n) is 9.07. The molecule has 23 heavy (non-hydrogen) atoms. The lowest BCUT2D eigenvalue weighted by Crippen LogP contribution is -2.33. The molecule has 1 saturated heterocycles. The van der Waals surface area contributed by atoms with E-state index in [0.717, 1.165) is 24.3 Å². The van der Waals surface area contributed by atoms with Gasteiger partial charge in [-0.25, -0.2) is 0 Å². The number of hydrogen-bond acceptors (Lipinski definition) is 2. The van der Waals surface area contributed by atoms with Crippen LogP contribution < -0.4 is 4.90 Å². The second-order valence-electron chi connectivity index (χ2n) is 8.19. The van der Waals surface area contributed by atoms with E-state index in [1.165, 1.54) is 36.2 Å². The molecule has 4 unspecified atom stereocenters. The second kappa shape index (κ2) is 5.34. The van der Waals surface area contributed by atoms with Crippen molar-refractivity contribution in [2.24, 2.45) is 17.8 Å². The first-order valence-corrected chi connectivity index (χ1v) is 9.07. The zero-order chi connectivity index (χ0) is 16.3. The molecule has 0 bridgehead atoms. The van der Waals surface area contributed by atoms with Gasteiger partial charge in [0, 0.05) is 37.7 Å². The number of hydrogen-bond donors (Lipinski definition) is 0. The fourth-order valence-electron chi connectivity index (χ4n) is 5.49. The predicted molar refractivity (Wildman–Crippen MR) is 93.8 cm³/mol. The summed E-state index contributed by atoms with van der Waals surface area (Å²) in [6.07, 6.45) is 2.39. The Morgan fingerprint density at radius 3 is 2.74 bits per heavy atom. The van der Waals surface area contributed by atoms with Crippen molar-refractivity contribution < 1.29 is 4.79 Å². The van der Waals surface area contributed by atoms with Crippen LogP contribution in [0, 0.1) is 17.8 Å². The molecule has 0 saturated carbocycles. The summed E-state index contributed by atoms with van der Waals surface area (Å²) in [5.74, 6) is 3.01. The van der Waals surface area contributed by atoms with Crippen LogP contribution in [0.15, 0.2) is 18.2 Å². The number of carbonyl (C=O) groups is 1. The highest BCUT2D eigenvalue weighted by molar-refractivity contribution is 5.94. The molecule has 1 amide bonds. The van der Waals surface area contributed by atoms with E-state index >= 15 is 0 Å². The summed E-state index contributed by atoms with van der Waals surface area (Å²) in [5, 5.41) is 0. The van der Waals surface area contributed by atoms with Crippen molar-refractivity contribution in [3.05, 3.63) is 29.3 Å². The quantitative estimate of drug-likeness (QED) is 0.794. The molecule has 3 nitrogen and oxygen atoms in total. The molecule has 4 atom stereocenters. The minimum absolute atomic E-state index is 0.183. The highest BCUT2D eigenvalue weighted by atomic mass is 16.2. The molecule has 0 spiro atoms. The Morgan fingerprint density at radius 1 is 1.26 bits per heavy atom. The lowest BCUT2D eigenvalue weighted by molar-refractivity contribution is -0.116. The Kier molecular flexibility index (Phi) is 3.53. The lowest BCUT2D eigenvalue weighted by atomic mass is 9.79. The summed E-state index contributed by atoms with van der Waals surface area (Å²) in [4.78, 5) is 16.6. The van der Waals surface area contributed by atoms with E-state index in [4.69, 9.17) is 0 Å². The Hall–Kier alpha value is -1.35. The van der Waals surface area contributed by atoms with Crippen molar-refractivity contribution >= 4 is 11.6 Å². The summed E-state index contributed by atoms with van der Waals surface area (Å²) in [6, 6.07) is 7.27. The van der Waals surface area contributed by atoms with Crippen molar-refractivity contribution in [1.82, 2.24) is 4.90 Å². The van der Waals surface area contributed by atoms with Gasteiger partial charge in [0.25, 0.3) is 0 Å². The maximum absolute atomic E-state index is 12.0. The van der Waals surface area contributed by atoms with Crippen LogP contribution in [-0.4, -0.2) is 37.0 Å². The zero-order valence-electron chi connectivity index (χ0n) is 14.7. The van der Waals surface area contributed by atoms with Gasteiger partial charge in [-0.3, -0.25) is 4.79 Å². The van der Waals surface area contributed by atoms with Gasteiger partial charge in [-0.15, -0.1) is 0 Å². The van der Waals surface area contributed by atoms with Gasteiger partial charge < -0.3 is 9.80 Å². The maximum Gasteiger partial charge on any atom is 0.223 e. The summed E-state index contributed by atoms with van der Waals surface area (Å²) in [6.45, 7) is 8.56. The fourth-order valence-corrected chi connectivity index (χ4v) is 5.49. The summed E-state index contributed by atoms with van der Waals surface area (Å²) in [7, 11) is 2.30. The standard InChI is InChI=1S/C20H28N2O/c1-12(2)17-11-21(4)19-9-15-10-22(13(3)23)18-7-5-6-14(20(15)18)8-16(17)19/h5-7,12,15-17,19H,8-11H2,1-4H3. The lowest BCUT2D eigenvalue weighted by Gasteiger charge is -2.28. The van der Waals surface area contributed by atoms with E-state index in [2.05, 4.69) is 44.0 Å². The molecule has 3 heteroatoms. The molecule has 0 N–H and O–H groups in total. The summed E-state index contributed by atoms with van der Waals surface area (Å²) < 4.78 is 0. The van der Waals surface area contributed by atoms with E-state index in [9.17, 15) is 4.79 Å². The van der Waals surface area contributed by atoms with Crippen molar-refractivity contribution in [2.75, 3.05) is 25.0 Å². The van der Waals surface area contributed by atoms with E-state index in [1.807, 2.05) is 4.90 Å². The van der Waals surface area contributed by atoms with Crippen molar-refractivity contribution in [1.29, 1.82) is 0 Å². The normalized spacial score (nSPS) is 32.8. The van der Waals surface area contributed by atoms with Crippen LogP contribution in [0.25, 0.3) is 0 Å². The average Bonchev–Trinajstić information content (AvgIpc) is 2.95. The van der Waals surface area contributed by atoms with E-state index in [-0.39, 0.29) is 5.91 Å². The highest BCUT2D eigenvalue weighted by Crippen LogP contribution is 2.49. The Bertz CT molecular complexity index is 639. The molecule has 124 valence electrons. The number of benzene rings is 1. The van der Waals surface area contributed by atoms with Gasteiger partial charge in [-0.2, -0.15) is 0 Å². The molecule has 1 aromatic rings. The topological polar surface area (TPSA) is 23.6 Å². The van der Waals surface area contributed by atoms with Crippen LogP contribution >= 0.6 is 0 Å². The molecule has 1 aromatic carbocycles. The van der Waals surface area contributed by atoms with Crippen molar-refractivity contribution in [3.8, 4) is 0 Å². The first kappa shape index (κ1) is 15.2. The van der Waals surface area contributed by atoms with Gasteiger partial charge in [0.2, 0.25) is 5.91 Å². The summed E-state index contributed by atoms with van der Waals surface area (Å²) in [5.41, 5.74) is 4.17. The fraction of sp³-hybridized carbons (Fsp3) is 0.650. The van der Waals surface area contributed by atoms with Gasteiger partial charge in [0.05, 0.1) is 0 Å². The van der Waals surface area contributed by atoms with Gasteiger partial charge in [0.1, 0.15) is 0 Å². The molecule has 0 aromatic heterocycles. The molecule has 4 rings (SSSR count). The first-order chi connectivity index (χ1) is 11.0. The Morgan fingerprint density at radius 2 is 2.04 bits per heavy atom. The molecule has 1 aliphatic carbocycles. The third-order valence-electron chi connectivity index (χ3n) is 6.60. The Balaban J connectivity index is 1.77. The minimum atomic E-state index is 0.183. The van der Waals surface area contributed by atoms with E-state index in [1.54, 1.807) is 6.92 Å². The molecule has 2 aliphatic heterocycles. The summed E-state index contributed by atoms with van der Waals surface area (Å²) >= 11 is 0. The number of anilines is 1. The highest BCUT2D eigenvalue weighted by Gasteiger charge is 2.46. The van der Waals surface area contributed by atoms with Crippen LogP contribution in [0.2, 0.25) is 0 Å². The number of likely N-dealkylation sites (tertiary alicyclic amines) is 1. The smallest absolute Gasteiger partial charge is 0.223 e. The number of amides is 1. The third kappa shape index (κ3) is 2.24. The Labute approximate surface area is 139 Å². The monoisotopic (exact) mass is 312 g/mol. The predicted octanol–water partition coefficient (Wildman–Crippen LogP) is 3.29. The minimum Gasteiger partial charge on any atom is -0.312 e. The zero-order valence-corrected chi connectivity index (χ0v) is 14.7. The van der Waals surface area contributed by atoms with Gasteiger partial charge in [-0.1, -0.05) is 26.0 Å². The molecule has 2 heterocycles. The van der Waals surface area contributed by atoms with Crippen molar-refractivity contribution in [3.63, 3.8) is 0 Å². The van der Waals surface area contributed by atoms with Crippen LogP contribution in [0.3, 0.4) is 0 Å². The number of rotatable bonds is 1. The van der Waals surface area contributed by atoms with Gasteiger partial charge in [0.15, 0.2) is 0 Å². The molecule has 0 radical (unpaired) electrons. The largest absolute Gasteiger partial charge is 0.312 e. The molecule has 1 fully saturated rings. The number of fused-ring (bicyclic) bond motifs is 1. The molecular weight excluding hydrogens is 284 g/mol. The van der Waals surface area contributed by atoms with Crippen LogP contribution in [-0.2, 0) is 11.2 Å². The SMILES string of the molecule is CC(=O)N1CC2CC3C(Cc4cccc1c42)C(C(C)C)CN3C. The van der Waals surface area contributed by atoms with Crippen LogP contribution in [0.4, 0.5) is 5.69 Å². The molecular formula is C20H28N2O. The number of carbonyl (C=O) groups excluding carboxylic acids is 1. The van der Waals surface area contributed by atoms with E-state index in [0.29, 0.717) is 12.0 Å². The van der Waals surface area contributed by atoms with Crippen LogP contribution in [0.5, 0.6) is 0 Å². The van der Waals surface area contributed by atoms with Gasteiger partial charge >= 0.3 is 0 Å². The number of nitrogens with zero attached hydrogens (tertiary/aromatic N) is 2. The average molecular weight is 312 g/mol. The van der Waals surface area contributed by atoms with Crippen molar-refractivity contribution in [2.45, 2.75) is 45.6 Å². The molecule has 3 aliphatic rings. The second-order valence-corrected chi connectivity index (χ2v) is 8.19. The van der Waals surface area contributed by atoms with Crippen LogP contribution in [0.1, 0.15) is 44.2 Å². The van der Waals surface area contributed by atoms with E-state index < -0.39 is 0 Å². The third-order valence-corrected chi connectivity index (χ3v) is 6.60. The van der Waals surface area contributed by atoms with Gasteiger partial charge in [-0.05, 0) is 54.8 Å². The maximum atomic E-state index is 12.0.